The number of rotatable bonds is 4. The molecule has 2 aromatic carbocycles. The third-order valence-electron chi connectivity index (χ3n) is 3.04. The summed E-state index contributed by atoms with van der Waals surface area (Å²) in [6.07, 6.45) is 0. The average molecular weight is 352 g/mol. The summed E-state index contributed by atoms with van der Waals surface area (Å²) in [4.78, 5) is 11.8. The molecule has 6 heteroatoms. The molecule has 0 saturated heterocycles. The molecule has 0 unspecified atom stereocenters. The van der Waals surface area contributed by atoms with Gasteiger partial charge in [-0.25, -0.2) is 9.18 Å². The molecule has 0 saturated carbocycles. The van der Waals surface area contributed by atoms with E-state index in [-0.39, 0.29) is 18.9 Å². The minimum absolute atomic E-state index is 0.152. The van der Waals surface area contributed by atoms with Crippen molar-refractivity contribution in [3.63, 3.8) is 0 Å². The average Bonchev–Trinajstić information content (AvgIpc) is 2.77. The van der Waals surface area contributed by atoms with E-state index in [1.165, 1.54) is 16.7 Å². The molecule has 0 radical (unpaired) electrons. The number of nitrogens with zero attached hydrogens (tertiary/aromatic N) is 1. The molecule has 21 heavy (non-hydrogen) atoms. The van der Waals surface area contributed by atoms with Crippen molar-refractivity contribution < 1.29 is 13.5 Å². The van der Waals surface area contributed by atoms with Crippen LogP contribution in [0.25, 0.3) is 11.1 Å². The molecule has 3 aromatic rings. The molecule has 4 nitrogen and oxygen atoms in total. The van der Waals surface area contributed by atoms with Crippen molar-refractivity contribution in [1.29, 1.82) is 0 Å². The fourth-order valence-corrected chi connectivity index (χ4v) is 2.40. The summed E-state index contributed by atoms with van der Waals surface area (Å²) in [6.45, 7) is 0.452. The molecule has 0 aliphatic carbocycles. The Morgan fingerprint density at radius 3 is 2.86 bits per heavy atom. The highest BCUT2D eigenvalue weighted by atomic mass is 79.9. The van der Waals surface area contributed by atoms with Gasteiger partial charge < -0.3 is 9.15 Å². The van der Waals surface area contributed by atoms with Crippen molar-refractivity contribution >= 4 is 27.0 Å². The van der Waals surface area contributed by atoms with Crippen LogP contribution >= 0.6 is 15.9 Å². The molecule has 0 spiro atoms. The van der Waals surface area contributed by atoms with Gasteiger partial charge in [-0.2, -0.15) is 0 Å². The fourth-order valence-electron chi connectivity index (χ4n) is 2.06. The summed E-state index contributed by atoms with van der Waals surface area (Å²) in [5.41, 5.74) is 1.22. The van der Waals surface area contributed by atoms with Gasteiger partial charge in [-0.1, -0.05) is 28.1 Å². The summed E-state index contributed by atoms with van der Waals surface area (Å²) in [6, 6.07) is 11.7. The van der Waals surface area contributed by atoms with Gasteiger partial charge in [0.05, 0.1) is 12.1 Å². The Bertz CT molecular complexity index is 840. The second-order valence-electron chi connectivity index (χ2n) is 4.41. The van der Waals surface area contributed by atoms with Crippen LogP contribution in [0.3, 0.4) is 0 Å². The monoisotopic (exact) mass is 351 g/mol. The smallest absolute Gasteiger partial charge is 0.420 e. The van der Waals surface area contributed by atoms with Crippen molar-refractivity contribution in [2.45, 2.75) is 6.54 Å². The number of halogens is 2. The second kappa shape index (κ2) is 5.73. The first-order valence-electron chi connectivity index (χ1n) is 6.31. The highest BCUT2D eigenvalue weighted by Gasteiger charge is 2.09. The van der Waals surface area contributed by atoms with Crippen LogP contribution in [-0.2, 0) is 6.54 Å². The van der Waals surface area contributed by atoms with Gasteiger partial charge in [0.1, 0.15) is 6.61 Å². The lowest BCUT2D eigenvalue weighted by molar-refractivity contribution is 0.281. The maximum absolute atomic E-state index is 13.6. The summed E-state index contributed by atoms with van der Waals surface area (Å²) in [5, 5.41) is 0. The summed E-state index contributed by atoms with van der Waals surface area (Å²) < 4.78 is 26.2. The Morgan fingerprint density at radius 1 is 1.24 bits per heavy atom. The predicted molar refractivity (Wildman–Crippen MR) is 80.1 cm³/mol. The van der Waals surface area contributed by atoms with Crippen LogP contribution in [-0.4, -0.2) is 11.2 Å². The Morgan fingerprint density at radius 2 is 2.05 bits per heavy atom. The van der Waals surface area contributed by atoms with Crippen LogP contribution < -0.4 is 10.5 Å². The number of hydrogen-bond acceptors (Lipinski definition) is 3. The van der Waals surface area contributed by atoms with Gasteiger partial charge >= 0.3 is 5.76 Å². The molecule has 0 bridgehead atoms. The molecule has 0 aliphatic rings. The van der Waals surface area contributed by atoms with E-state index in [1.54, 1.807) is 24.3 Å². The maximum Gasteiger partial charge on any atom is 0.420 e. The van der Waals surface area contributed by atoms with Gasteiger partial charge in [-0.3, -0.25) is 4.57 Å². The summed E-state index contributed by atoms with van der Waals surface area (Å²) in [5.74, 6) is -0.746. The molecule has 3 rings (SSSR count). The topological polar surface area (TPSA) is 44.4 Å². The van der Waals surface area contributed by atoms with E-state index >= 15 is 0 Å². The van der Waals surface area contributed by atoms with E-state index in [2.05, 4.69) is 15.9 Å². The zero-order chi connectivity index (χ0) is 14.8. The largest absolute Gasteiger partial charge is 0.489 e. The van der Waals surface area contributed by atoms with Gasteiger partial charge in [0.15, 0.2) is 17.1 Å². The van der Waals surface area contributed by atoms with Crippen LogP contribution in [0.2, 0.25) is 0 Å². The number of aromatic nitrogens is 1. The molecule has 0 fully saturated rings. The summed E-state index contributed by atoms with van der Waals surface area (Å²) in [7, 11) is 0. The number of ether oxygens (including phenoxy) is 1. The molecule has 0 amide bonds. The minimum Gasteiger partial charge on any atom is -0.489 e. The first kappa shape index (κ1) is 13.9. The third-order valence-corrected chi connectivity index (χ3v) is 3.53. The molecule has 0 aliphatic heterocycles. The van der Waals surface area contributed by atoms with E-state index in [9.17, 15) is 9.18 Å². The zero-order valence-corrected chi connectivity index (χ0v) is 12.5. The van der Waals surface area contributed by atoms with Gasteiger partial charge in [0.25, 0.3) is 0 Å². The first-order valence-corrected chi connectivity index (χ1v) is 7.10. The van der Waals surface area contributed by atoms with E-state index < -0.39 is 11.6 Å². The van der Waals surface area contributed by atoms with Crippen molar-refractivity contribution in [2.24, 2.45) is 0 Å². The standard InChI is InChI=1S/C15H11BrFNO3/c16-10-5-6-13(11(17)9-10)20-8-7-18-12-3-1-2-4-14(12)21-15(18)19/h1-6,9H,7-8H2. The first-order chi connectivity index (χ1) is 10.1. The van der Waals surface area contributed by atoms with Crippen molar-refractivity contribution in [3.05, 3.63) is 63.3 Å². The second-order valence-corrected chi connectivity index (χ2v) is 5.33. The van der Waals surface area contributed by atoms with Gasteiger partial charge in [0, 0.05) is 4.47 Å². The Kier molecular flexibility index (Phi) is 3.79. The highest BCUT2D eigenvalue weighted by Crippen LogP contribution is 2.21. The van der Waals surface area contributed by atoms with Crippen LogP contribution in [0.15, 0.2) is 56.1 Å². The van der Waals surface area contributed by atoms with Crippen molar-refractivity contribution in [2.75, 3.05) is 6.61 Å². The molecule has 0 N–H and O–H groups in total. The molecular weight excluding hydrogens is 341 g/mol. The van der Waals surface area contributed by atoms with Gasteiger partial charge in [0.2, 0.25) is 0 Å². The maximum atomic E-state index is 13.6. The normalized spacial score (nSPS) is 11.0. The van der Waals surface area contributed by atoms with Crippen molar-refractivity contribution in [3.8, 4) is 5.75 Å². The lowest BCUT2D eigenvalue weighted by Gasteiger charge is -2.07. The Hall–Kier alpha value is -2.08. The SMILES string of the molecule is O=c1oc2ccccc2n1CCOc1ccc(Br)cc1F. The fraction of sp³-hybridized carbons (Fsp3) is 0.133. The minimum atomic E-state index is -0.450. The zero-order valence-electron chi connectivity index (χ0n) is 10.9. The Balaban J connectivity index is 1.75. The van der Waals surface area contributed by atoms with Crippen LogP contribution in [0.5, 0.6) is 5.75 Å². The van der Waals surface area contributed by atoms with Crippen LogP contribution in [0.4, 0.5) is 4.39 Å². The molecule has 1 aromatic heterocycles. The van der Waals surface area contributed by atoms with Gasteiger partial charge in [-0.15, -0.1) is 0 Å². The van der Waals surface area contributed by atoms with Crippen molar-refractivity contribution in [1.82, 2.24) is 4.57 Å². The number of fused-ring (bicyclic) bond motifs is 1. The van der Waals surface area contributed by atoms with E-state index in [1.807, 2.05) is 6.07 Å². The predicted octanol–water partition coefficient (Wildman–Crippen LogP) is 3.58. The summed E-state index contributed by atoms with van der Waals surface area (Å²) >= 11 is 3.18. The molecular formula is C15H11BrFNO3. The van der Waals surface area contributed by atoms with Crippen LogP contribution in [0, 0.1) is 5.82 Å². The Labute approximate surface area is 127 Å². The number of benzene rings is 2. The van der Waals surface area contributed by atoms with E-state index in [4.69, 9.17) is 9.15 Å². The number of oxazole rings is 1. The quantitative estimate of drug-likeness (QED) is 0.721. The van der Waals surface area contributed by atoms with E-state index in [0.717, 1.165) is 0 Å². The molecule has 1 heterocycles. The third kappa shape index (κ3) is 2.85. The van der Waals surface area contributed by atoms with Crippen LogP contribution in [0.1, 0.15) is 0 Å². The highest BCUT2D eigenvalue weighted by molar-refractivity contribution is 9.10. The lowest BCUT2D eigenvalue weighted by atomic mass is 10.3. The molecule has 108 valence electrons. The number of para-hydroxylation sites is 2. The molecule has 0 atom stereocenters. The van der Waals surface area contributed by atoms with Gasteiger partial charge in [-0.05, 0) is 30.3 Å². The van der Waals surface area contributed by atoms with E-state index in [0.29, 0.717) is 15.6 Å². The lowest BCUT2D eigenvalue weighted by Crippen LogP contribution is -2.18. The number of hydrogen-bond donors (Lipinski definition) is 0.